The Morgan fingerprint density at radius 3 is 2.62 bits per heavy atom. The van der Waals surface area contributed by atoms with Crippen molar-refractivity contribution in [3.05, 3.63) is 35.3 Å². The van der Waals surface area contributed by atoms with Gasteiger partial charge in [-0.2, -0.15) is 4.98 Å². The minimum absolute atomic E-state index is 0.00180. The van der Waals surface area contributed by atoms with Gasteiger partial charge in [0.25, 0.3) is 5.91 Å². The van der Waals surface area contributed by atoms with Crippen molar-refractivity contribution in [2.24, 2.45) is 0 Å². The molecule has 3 N–H and O–H groups in total. The SMILES string of the molecule is CNC(=O)c1cc(C)c(Nc2ncc(NC)c(N(C)C3CCOCC3)n2)cc1F. The lowest BCUT2D eigenvalue weighted by Crippen LogP contribution is -2.37. The van der Waals surface area contributed by atoms with E-state index in [1.807, 2.05) is 14.1 Å². The van der Waals surface area contributed by atoms with E-state index < -0.39 is 11.7 Å². The number of aryl methyl sites for hydroxylation is 1. The monoisotopic (exact) mass is 402 g/mol. The van der Waals surface area contributed by atoms with E-state index in [0.717, 1.165) is 37.6 Å². The predicted molar refractivity (Wildman–Crippen MR) is 112 cm³/mol. The van der Waals surface area contributed by atoms with E-state index >= 15 is 0 Å². The number of halogens is 1. The van der Waals surface area contributed by atoms with Crippen LogP contribution in [0.5, 0.6) is 0 Å². The molecule has 8 nitrogen and oxygen atoms in total. The summed E-state index contributed by atoms with van der Waals surface area (Å²) in [6.07, 6.45) is 3.56. The summed E-state index contributed by atoms with van der Waals surface area (Å²) >= 11 is 0. The molecule has 1 aliphatic rings. The Morgan fingerprint density at radius 2 is 1.97 bits per heavy atom. The highest BCUT2D eigenvalue weighted by Crippen LogP contribution is 2.29. The fraction of sp³-hybridized carbons (Fsp3) is 0.450. The molecule has 1 saturated heterocycles. The first kappa shape index (κ1) is 20.8. The fourth-order valence-corrected chi connectivity index (χ4v) is 3.37. The molecule has 1 aromatic heterocycles. The normalized spacial score (nSPS) is 14.4. The highest BCUT2D eigenvalue weighted by molar-refractivity contribution is 5.95. The summed E-state index contributed by atoms with van der Waals surface area (Å²) in [4.78, 5) is 22.9. The van der Waals surface area contributed by atoms with Crippen LogP contribution < -0.4 is 20.9 Å². The van der Waals surface area contributed by atoms with Crippen LogP contribution in [0.2, 0.25) is 0 Å². The van der Waals surface area contributed by atoms with E-state index in [9.17, 15) is 9.18 Å². The number of aromatic nitrogens is 2. The quantitative estimate of drug-likeness (QED) is 0.684. The first-order valence-electron chi connectivity index (χ1n) is 9.59. The first-order chi connectivity index (χ1) is 13.9. The lowest BCUT2D eigenvalue weighted by molar-refractivity contribution is 0.0854. The summed E-state index contributed by atoms with van der Waals surface area (Å²) in [5.41, 5.74) is 2.03. The van der Waals surface area contributed by atoms with Gasteiger partial charge in [0.05, 0.1) is 17.4 Å². The van der Waals surface area contributed by atoms with Crippen LogP contribution in [0.25, 0.3) is 0 Å². The second-order valence-corrected chi connectivity index (χ2v) is 6.99. The minimum atomic E-state index is -0.608. The molecule has 1 amide bonds. The van der Waals surface area contributed by atoms with Gasteiger partial charge in [-0.05, 0) is 37.5 Å². The molecule has 0 radical (unpaired) electrons. The van der Waals surface area contributed by atoms with Crippen molar-refractivity contribution in [1.29, 1.82) is 0 Å². The highest BCUT2D eigenvalue weighted by Gasteiger charge is 2.22. The zero-order valence-corrected chi connectivity index (χ0v) is 17.2. The Bertz CT molecular complexity index is 886. The second kappa shape index (κ2) is 9.04. The Balaban J connectivity index is 1.88. The molecule has 29 heavy (non-hydrogen) atoms. The van der Waals surface area contributed by atoms with Crippen LogP contribution in [0, 0.1) is 12.7 Å². The maximum absolute atomic E-state index is 14.4. The van der Waals surface area contributed by atoms with Crippen LogP contribution in [-0.4, -0.2) is 56.3 Å². The van der Waals surface area contributed by atoms with Crippen molar-refractivity contribution in [3.8, 4) is 0 Å². The molecule has 1 fully saturated rings. The van der Waals surface area contributed by atoms with Crippen LogP contribution >= 0.6 is 0 Å². The van der Waals surface area contributed by atoms with Gasteiger partial charge in [0.2, 0.25) is 5.95 Å². The Kier molecular flexibility index (Phi) is 6.48. The van der Waals surface area contributed by atoms with Crippen molar-refractivity contribution < 1.29 is 13.9 Å². The molecule has 1 aromatic carbocycles. The van der Waals surface area contributed by atoms with Crippen molar-refractivity contribution in [3.63, 3.8) is 0 Å². The number of nitrogens with zero attached hydrogens (tertiary/aromatic N) is 3. The number of benzene rings is 1. The standard InChI is InChI=1S/C20H27FN6O2/c1-12-9-14(19(28)23-3)15(21)10-16(12)25-20-24-11-17(22-2)18(26-20)27(4)13-5-7-29-8-6-13/h9-11,13,22H,5-8H2,1-4H3,(H,23,28)(H,24,25,26). The Hall–Kier alpha value is -2.94. The summed E-state index contributed by atoms with van der Waals surface area (Å²) in [5, 5.41) is 8.63. The van der Waals surface area contributed by atoms with E-state index in [1.165, 1.54) is 19.2 Å². The minimum Gasteiger partial charge on any atom is -0.384 e. The topological polar surface area (TPSA) is 91.4 Å². The molecule has 0 atom stereocenters. The van der Waals surface area contributed by atoms with Crippen molar-refractivity contribution in [2.45, 2.75) is 25.8 Å². The van der Waals surface area contributed by atoms with Gasteiger partial charge in [-0.1, -0.05) is 0 Å². The van der Waals surface area contributed by atoms with E-state index in [0.29, 0.717) is 23.2 Å². The van der Waals surface area contributed by atoms with Gasteiger partial charge < -0.3 is 25.6 Å². The number of amides is 1. The highest BCUT2D eigenvalue weighted by atomic mass is 19.1. The second-order valence-electron chi connectivity index (χ2n) is 6.99. The van der Waals surface area contributed by atoms with Gasteiger partial charge in [-0.15, -0.1) is 0 Å². The number of hydrogen-bond donors (Lipinski definition) is 3. The van der Waals surface area contributed by atoms with E-state index in [4.69, 9.17) is 4.74 Å². The van der Waals surface area contributed by atoms with Crippen LogP contribution in [-0.2, 0) is 4.74 Å². The number of anilines is 4. The summed E-state index contributed by atoms with van der Waals surface area (Å²) in [6, 6.07) is 3.12. The van der Waals surface area contributed by atoms with E-state index in [-0.39, 0.29) is 5.56 Å². The van der Waals surface area contributed by atoms with Gasteiger partial charge in [-0.3, -0.25) is 4.79 Å². The Morgan fingerprint density at radius 1 is 1.24 bits per heavy atom. The molecule has 0 unspecified atom stereocenters. The summed E-state index contributed by atoms with van der Waals surface area (Å²) in [7, 11) is 5.30. The number of carbonyl (C=O) groups is 1. The van der Waals surface area contributed by atoms with Gasteiger partial charge in [0.15, 0.2) is 5.82 Å². The van der Waals surface area contributed by atoms with Gasteiger partial charge in [0, 0.05) is 46.1 Å². The summed E-state index contributed by atoms with van der Waals surface area (Å²) < 4.78 is 19.8. The number of carbonyl (C=O) groups excluding carboxylic acids is 1. The smallest absolute Gasteiger partial charge is 0.254 e. The maximum Gasteiger partial charge on any atom is 0.254 e. The summed E-state index contributed by atoms with van der Waals surface area (Å²) in [5.74, 6) is 0.0427. The number of rotatable bonds is 6. The molecule has 9 heteroatoms. The first-order valence-corrected chi connectivity index (χ1v) is 9.59. The van der Waals surface area contributed by atoms with Crippen LogP contribution in [0.1, 0.15) is 28.8 Å². The molecule has 3 rings (SSSR count). The average molecular weight is 402 g/mol. The average Bonchev–Trinajstić information content (AvgIpc) is 2.75. The maximum atomic E-state index is 14.4. The van der Waals surface area contributed by atoms with Crippen LogP contribution in [0.15, 0.2) is 18.3 Å². The predicted octanol–water partition coefficient (Wildman–Crippen LogP) is 2.68. The van der Waals surface area contributed by atoms with Gasteiger partial charge >= 0.3 is 0 Å². The molecule has 0 saturated carbocycles. The largest absolute Gasteiger partial charge is 0.384 e. The molecule has 156 valence electrons. The molecule has 2 aromatic rings. The van der Waals surface area contributed by atoms with Crippen LogP contribution in [0.3, 0.4) is 0 Å². The third-order valence-electron chi connectivity index (χ3n) is 5.14. The fourth-order valence-electron chi connectivity index (χ4n) is 3.37. The Labute approximate surface area is 169 Å². The zero-order valence-electron chi connectivity index (χ0n) is 17.2. The van der Waals surface area contributed by atoms with Crippen molar-refractivity contribution in [2.75, 3.05) is 49.9 Å². The zero-order chi connectivity index (χ0) is 21.0. The molecular weight excluding hydrogens is 375 g/mol. The molecule has 2 heterocycles. The van der Waals surface area contributed by atoms with E-state index in [2.05, 4.69) is 30.8 Å². The number of nitrogens with one attached hydrogen (secondary N) is 3. The van der Waals surface area contributed by atoms with Gasteiger partial charge in [0.1, 0.15) is 5.82 Å². The summed E-state index contributed by atoms with van der Waals surface area (Å²) in [6.45, 7) is 3.26. The third kappa shape index (κ3) is 4.56. The molecular formula is C20H27FN6O2. The number of hydrogen-bond acceptors (Lipinski definition) is 7. The third-order valence-corrected chi connectivity index (χ3v) is 5.14. The van der Waals surface area contributed by atoms with E-state index in [1.54, 1.807) is 13.1 Å². The van der Waals surface area contributed by atoms with Gasteiger partial charge in [-0.25, -0.2) is 9.37 Å². The molecule has 0 spiro atoms. The number of ether oxygens (including phenoxy) is 1. The lowest BCUT2D eigenvalue weighted by atomic mass is 10.1. The van der Waals surface area contributed by atoms with Crippen molar-refractivity contribution in [1.82, 2.24) is 15.3 Å². The van der Waals surface area contributed by atoms with Crippen LogP contribution in [0.4, 0.5) is 27.5 Å². The lowest BCUT2D eigenvalue weighted by Gasteiger charge is -2.33. The molecule has 0 aliphatic carbocycles. The molecule has 0 bridgehead atoms. The van der Waals surface area contributed by atoms with Crippen molar-refractivity contribution >= 4 is 29.0 Å². The molecule has 1 aliphatic heterocycles.